The van der Waals surface area contributed by atoms with Crippen LogP contribution in [0.1, 0.15) is 11.1 Å². The molecule has 0 unspecified atom stereocenters. The number of nitrogens with zero attached hydrogens (tertiary/aromatic N) is 1. The molecule has 0 atom stereocenters. The zero-order valence-electron chi connectivity index (χ0n) is 9.68. The van der Waals surface area contributed by atoms with Crippen molar-refractivity contribution in [3.05, 3.63) is 59.7 Å². The first-order chi connectivity index (χ1) is 8.35. The van der Waals surface area contributed by atoms with E-state index in [0.717, 1.165) is 16.7 Å². The van der Waals surface area contributed by atoms with E-state index in [0.29, 0.717) is 12.2 Å². The minimum Gasteiger partial charge on any atom is -0.380 e. The molecule has 0 saturated carbocycles. The van der Waals surface area contributed by atoms with Gasteiger partial charge in [0.1, 0.15) is 0 Å². The van der Waals surface area contributed by atoms with Crippen LogP contribution in [0.4, 0.5) is 0 Å². The standard InChI is InChI=1S/C15H13NO/c1-17-11-14-8-7-12(10-16)9-15(14)13-5-3-2-4-6-13/h2-9H,11H2,1H3. The maximum Gasteiger partial charge on any atom is 0.0991 e. The summed E-state index contributed by atoms with van der Waals surface area (Å²) < 4.78 is 5.18. The molecule has 0 aliphatic heterocycles. The minimum absolute atomic E-state index is 0.552. The van der Waals surface area contributed by atoms with Crippen LogP contribution in [-0.2, 0) is 11.3 Å². The Morgan fingerprint density at radius 3 is 2.53 bits per heavy atom. The van der Waals surface area contributed by atoms with Crippen molar-refractivity contribution in [1.29, 1.82) is 5.26 Å². The highest BCUT2D eigenvalue weighted by atomic mass is 16.5. The monoisotopic (exact) mass is 223 g/mol. The van der Waals surface area contributed by atoms with E-state index in [1.165, 1.54) is 0 Å². The van der Waals surface area contributed by atoms with Gasteiger partial charge < -0.3 is 4.74 Å². The van der Waals surface area contributed by atoms with Crippen LogP contribution in [0.5, 0.6) is 0 Å². The number of hydrogen-bond donors (Lipinski definition) is 0. The van der Waals surface area contributed by atoms with Gasteiger partial charge in [-0.2, -0.15) is 5.26 Å². The average molecular weight is 223 g/mol. The maximum atomic E-state index is 8.95. The number of nitriles is 1. The molecule has 2 rings (SSSR count). The lowest BCUT2D eigenvalue weighted by Gasteiger charge is -2.09. The highest BCUT2D eigenvalue weighted by molar-refractivity contribution is 5.68. The molecule has 17 heavy (non-hydrogen) atoms. The number of rotatable bonds is 3. The predicted octanol–water partition coefficient (Wildman–Crippen LogP) is 3.37. The van der Waals surface area contributed by atoms with Crippen LogP contribution in [0.2, 0.25) is 0 Å². The van der Waals surface area contributed by atoms with E-state index in [1.54, 1.807) is 7.11 Å². The largest absolute Gasteiger partial charge is 0.380 e. The highest BCUT2D eigenvalue weighted by Gasteiger charge is 2.05. The molecule has 2 nitrogen and oxygen atoms in total. The molecule has 2 aromatic rings. The smallest absolute Gasteiger partial charge is 0.0991 e. The van der Waals surface area contributed by atoms with E-state index >= 15 is 0 Å². The molecule has 0 N–H and O–H groups in total. The van der Waals surface area contributed by atoms with E-state index in [-0.39, 0.29) is 0 Å². The zero-order chi connectivity index (χ0) is 12.1. The van der Waals surface area contributed by atoms with Crippen LogP contribution < -0.4 is 0 Å². The molecule has 2 heteroatoms. The Morgan fingerprint density at radius 2 is 1.88 bits per heavy atom. The van der Waals surface area contributed by atoms with Gasteiger partial charge in [0.05, 0.1) is 18.2 Å². The van der Waals surface area contributed by atoms with Crippen molar-refractivity contribution in [2.24, 2.45) is 0 Å². The van der Waals surface area contributed by atoms with Crippen molar-refractivity contribution in [1.82, 2.24) is 0 Å². The summed E-state index contributed by atoms with van der Waals surface area (Å²) >= 11 is 0. The van der Waals surface area contributed by atoms with E-state index < -0.39 is 0 Å². The molecule has 2 aromatic carbocycles. The summed E-state index contributed by atoms with van der Waals surface area (Å²) in [6.07, 6.45) is 0. The summed E-state index contributed by atoms with van der Waals surface area (Å²) in [5, 5.41) is 8.95. The summed E-state index contributed by atoms with van der Waals surface area (Å²) in [4.78, 5) is 0. The number of methoxy groups -OCH3 is 1. The molecule has 0 aliphatic carbocycles. The average Bonchev–Trinajstić information content (AvgIpc) is 2.40. The molecule has 0 amide bonds. The van der Waals surface area contributed by atoms with Gasteiger partial charge >= 0.3 is 0 Å². The Kier molecular flexibility index (Phi) is 3.54. The molecule has 0 saturated heterocycles. The topological polar surface area (TPSA) is 33.0 Å². The van der Waals surface area contributed by atoms with Crippen molar-refractivity contribution in [3.63, 3.8) is 0 Å². The van der Waals surface area contributed by atoms with Crippen LogP contribution in [-0.4, -0.2) is 7.11 Å². The van der Waals surface area contributed by atoms with Gasteiger partial charge in [0.15, 0.2) is 0 Å². The first-order valence-corrected chi connectivity index (χ1v) is 5.42. The van der Waals surface area contributed by atoms with E-state index in [1.807, 2.05) is 48.5 Å². The number of hydrogen-bond acceptors (Lipinski definition) is 2. The second-order valence-electron chi connectivity index (χ2n) is 3.78. The zero-order valence-corrected chi connectivity index (χ0v) is 9.68. The van der Waals surface area contributed by atoms with Gasteiger partial charge in [-0.1, -0.05) is 36.4 Å². The summed E-state index contributed by atoms with van der Waals surface area (Å²) in [7, 11) is 1.67. The maximum absolute atomic E-state index is 8.95. The molecule has 0 aliphatic rings. The van der Waals surface area contributed by atoms with Gasteiger partial charge in [-0.25, -0.2) is 0 Å². The van der Waals surface area contributed by atoms with Crippen molar-refractivity contribution in [3.8, 4) is 17.2 Å². The normalized spacial score (nSPS) is 9.88. The number of benzene rings is 2. The molecule has 84 valence electrons. The third-order valence-corrected chi connectivity index (χ3v) is 2.62. The minimum atomic E-state index is 0.552. The highest BCUT2D eigenvalue weighted by Crippen LogP contribution is 2.25. The third kappa shape index (κ3) is 2.52. The van der Waals surface area contributed by atoms with Crippen molar-refractivity contribution in [2.45, 2.75) is 6.61 Å². The third-order valence-electron chi connectivity index (χ3n) is 2.62. The predicted molar refractivity (Wildman–Crippen MR) is 67.3 cm³/mol. The van der Waals surface area contributed by atoms with Crippen molar-refractivity contribution < 1.29 is 4.74 Å². The van der Waals surface area contributed by atoms with Crippen molar-refractivity contribution >= 4 is 0 Å². The molecular weight excluding hydrogens is 210 g/mol. The fraction of sp³-hybridized carbons (Fsp3) is 0.133. The summed E-state index contributed by atoms with van der Waals surface area (Å²) in [5.74, 6) is 0. The summed E-state index contributed by atoms with van der Waals surface area (Å²) in [5.41, 5.74) is 3.93. The second-order valence-corrected chi connectivity index (χ2v) is 3.78. The quantitative estimate of drug-likeness (QED) is 0.799. The molecule has 0 aromatic heterocycles. The van der Waals surface area contributed by atoms with Crippen LogP contribution in [0, 0.1) is 11.3 Å². The van der Waals surface area contributed by atoms with Crippen LogP contribution >= 0.6 is 0 Å². The van der Waals surface area contributed by atoms with Gasteiger partial charge in [0, 0.05) is 7.11 Å². The van der Waals surface area contributed by atoms with Gasteiger partial charge in [-0.15, -0.1) is 0 Å². The van der Waals surface area contributed by atoms with E-state index in [9.17, 15) is 0 Å². The number of ether oxygens (including phenoxy) is 1. The van der Waals surface area contributed by atoms with Gasteiger partial charge in [0.2, 0.25) is 0 Å². The Bertz CT molecular complexity index is 541. The first kappa shape index (κ1) is 11.4. The van der Waals surface area contributed by atoms with Crippen molar-refractivity contribution in [2.75, 3.05) is 7.11 Å². The Labute approximate surface area is 101 Å². The lowest BCUT2D eigenvalue weighted by atomic mass is 9.98. The lowest BCUT2D eigenvalue weighted by Crippen LogP contribution is -1.93. The second kappa shape index (κ2) is 5.29. The Balaban J connectivity index is 2.53. The Morgan fingerprint density at radius 1 is 1.12 bits per heavy atom. The van der Waals surface area contributed by atoms with Gasteiger partial charge in [-0.3, -0.25) is 0 Å². The Hall–Kier alpha value is -2.11. The fourth-order valence-corrected chi connectivity index (χ4v) is 1.81. The van der Waals surface area contributed by atoms with Gasteiger partial charge in [0.25, 0.3) is 0 Å². The molecule has 0 radical (unpaired) electrons. The first-order valence-electron chi connectivity index (χ1n) is 5.42. The molecule has 0 spiro atoms. The molecular formula is C15H13NO. The SMILES string of the molecule is COCc1ccc(C#N)cc1-c1ccccc1. The lowest BCUT2D eigenvalue weighted by molar-refractivity contribution is 0.185. The van der Waals surface area contributed by atoms with Crippen LogP contribution in [0.25, 0.3) is 11.1 Å². The molecule has 0 heterocycles. The summed E-state index contributed by atoms with van der Waals surface area (Å²) in [6, 6.07) is 17.9. The van der Waals surface area contributed by atoms with Gasteiger partial charge in [-0.05, 0) is 28.8 Å². The molecule has 0 bridgehead atoms. The molecule has 0 fully saturated rings. The van der Waals surface area contributed by atoms with Crippen LogP contribution in [0.15, 0.2) is 48.5 Å². The van der Waals surface area contributed by atoms with E-state index in [2.05, 4.69) is 6.07 Å². The fourth-order valence-electron chi connectivity index (χ4n) is 1.81. The van der Waals surface area contributed by atoms with E-state index in [4.69, 9.17) is 10.00 Å². The van der Waals surface area contributed by atoms with Crippen LogP contribution in [0.3, 0.4) is 0 Å². The summed E-state index contributed by atoms with van der Waals surface area (Å²) in [6.45, 7) is 0.552.